The number of hydrogen-bond acceptors (Lipinski definition) is 5. The normalized spacial score (nSPS) is 18.4. The van der Waals surface area contributed by atoms with Crippen molar-refractivity contribution in [1.82, 2.24) is 9.55 Å². The maximum atomic E-state index is 12.3. The van der Waals surface area contributed by atoms with E-state index in [9.17, 15) is 4.79 Å². The van der Waals surface area contributed by atoms with Gasteiger partial charge in [-0.05, 0) is 6.26 Å². The molecule has 0 N–H and O–H groups in total. The van der Waals surface area contributed by atoms with Gasteiger partial charge in [0.2, 0.25) is 0 Å². The van der Waals surface area contributed by atoms with Crippen LogP contribution in [0.25, 0.3) is 0 Å². The second kappa shape index (κ2) is 5.46. The van der Waals surface area contributed by atoms with E-state index in [1.807, 2.05) is 6.26 Å². The lowest BCUT2D eigenvalue weighted by Gasteiger charge is -2.11. The summed E-state index contributed by atoms with van der Waals surface area (Å²) in [6.07, 6.45) is 2.84. The third kappa shape index (κ3) is 2.53. The molecule has 0 spiro atoms. The molecule has 17 heavy (non-hydrogen) atoms. The molecule has 1 atom stereocenters. The lowest BCUT2D eigenvalue weighted by atomic mass is 10.2. The fourth-order valence-electron chi connectivity index (χ4n) is 1.87. The lowest BCUT2D eigenvalue weighted by molar-refractivity contribution is 0.182. The van der Waals surface area contributed by atoms with Crippen molar-refractivity contribution in [3.05, 3.63) is 16.0 Å². The van der Waals surface area contributed by atoms with Crippen molar-refractivity contribution in [3.8, 4) is 0 Å². The predicted molar refractivity (Wildman–Crippen MR) is 71.2 cm³/mol. The quantitative estimate of drug-likeness (QED) is 0.616. The SMILES string of the molecule is COCCn1c(SC)nc2c(c1=O)S[C@H](C)C2. The van der Waals surface area contributed by atoms with Gasteiger partial charge in [0, 0.05) is 18.8 Å². The molecule has 1 aromatic heterocycles. The van der Waals surface area contributed by atoms with E-state index in [-0.39, 0.29) is 5.56 Å². The topological polar surface area (TPSA) is 44.1 Å². The first-order valence-corrected chi connectivity index (χ1v) is 7.61. The number of methoxy groups -OCH3 is 1. The zero-order valence-corrected chi connectivity index (χ0v) is 11.9. The number of fused-ring (bicyclic) bond motifs is 1. The Balaban J connectivity index is 2.45. The number of thioether (sulfide) groups is 2. The molecule has 94 valence electrons. The maximum absolute atomic E-state index is 12.3. The van der Waals surface area contributed by atoms with Gasteiger partial charge in [0.25, 0.3) is 5.56 Å². The highest BCUT2D eigenvalue weighted by molar-refractivity contribution is 8.00. The summed E-state index contributed by atoms with van der Waals surface area (Å²) in [5.74, 6) is 0. The third-order valence-corrected chi connectivity index (χ3v) is 4.56. The Kier molecular flexibility index (Phi) is 4.17. The largest absolute Gasteiger partial charge is 0.383 e. The van der Waals surface area contributed by atoms with Crippen molar-refractivity contribution >= 4 is 23.5 Å². The summed E-state index contributed by atoms with van der Waals surface area (Å²) < 4.78 is 6.76. The molecule has 0 unspecified atom stereocenters. The van der Waals surface area contributed by atoms with Gasteiger partial charge in [-0.1, -0.05) is 18.7 Å². The molecule has 1 aromatic rings. The Hall–Kier alpha value is -0.460. The van der Waals surface area contributed by atoms with Crippen molar-refractivity contribution in [2.75, 3.05) is 20.0 Å². The van der Waals surface area contributed by atoms with Crippen molar-refractivity contribution in [2.24, 2.45) is 0 Å². The van der Waals surface area contributed by atoms with Gasteiger partial charge in [0.05, 0.1) is 23.7 Å². The summed E-state index contributed by atoms with van der Waals surface area (Å²) in [6, 6.07) is 0. The van der Waals surface area contributed by atoms with Gasteiger partial charge in [0.15, 0.2) is 5.16 Å². The van der Waals surface area contributed by atoms with Crippen LogP contribution in [-0.2, 0) is 17.7 Å². The first-order valence-electron chi connectivity index (χ1n) is 5.50. The van der Waals surface area contributed by atoms with E-state index in [4.69, 9.17) is 4.74 Å². The van der Waals surface area contributed by atoms with E-state index in [1.54, 1.807) is 23.4 Å². The predicted octanol–water partition coefficient (Wildman–Crippen LogP) is 1.65. The van der Waals surface area contributed by atoms with Crippen LogP contribution >= 0.6 is 23.5 Å². The third-order valence-electron chi connectivity index (χ3n) is 2.66. The van der Waals surface area contributed by atoms with Crippen LogP contribution in [0.4, 0.5) is 0 Å². The molecule has 2 heterocycles. The highest BCUT2D eigenvalue weighted by Gasteiger charge is 2.25. The smallest absolute Gasteiger partial charge is 0.268 e. The molecule has 0 aromatic carbocycles. The van der Waals surface area contributed by atoms with Crippen LogP contribution in [0.2, 0.25) is 0 Å². The first kappa shape index (κ1) is 13.0. The number of aromatic nitrogens is 2. The van der Waals surface area contributed by atoms with E-state index in [2.05, 4.69) is 11.9 Å². The zero-order valence-electron chi connectivity index (χ0n) is 10.2. The lowest BCUT2D eigenvalue weighted by Crippen LogP contribution is -2.26. The molecule has 0 saturated carbocycles. The van der Waals surface area contributed by atoms with E-state index in [1.165, 1.54) is 11.8 Å². The van der Waals surface area contributed by atoms with E-state index in [0.29, 0.717) is 18.4 Å². The number of rotatable bonds is 4. The van der Waals surface area contributed by atoms with Crippen LogP contribution in [0.3, 0.4) is 0 Å². The fraction of sp³-hybridized carbons (Fsp3) is 0.636. The van der Waals surface area contributed by atoms with Crippen LogP contribution in [0, 0.1) is 0 Å². The van der Waals surface area contributed by atoms with Crippen molar-refractivity contribution in [2.45, 2.75) is 35.2 Å². The molecule has 0 saturated heterocycles. The molecule has 6 heteroatoms. The molecule has 0 radical (unpaired) electrons. The summed E-state index contributed by atoms with van der Waals surface area (Å²) >= 11 is 3.15. The Bertz CT molecular complexity index is 473. The minimum absolute atomic E-state index is 0.0887. The minimum atomic E-state index is 0.0887. The zero-order chi connectivity index (χ0) is 12.4. The molecule has 0 amide bonds. The van der Waals surface area contributed by atoms with Gasteiger partial charge in [0.1, 0.15) is 0 Å². The molecular weight excluding hydrogens is 256 g/mol. The molecule has 0 aliphatic carbocycles. The average Bonchev–Trinajstić information content (AvgIpc) is 2.68. The molecule has 4 nitrogen and oxygen atoms in total. The highest BCUT2D eigenvalue weighted by Crippen LogP contribution is 2.33. The first-order chi connectivity index (χ1) is 8.17. The van der Waals surface area contributed by atoms with Gasteiger partial charge in [-0.3, -0.25) is 9.36 Å². The Labute approximate surface area is 109 Å². The molecule has 1 aliphatic heterocycles. The summed E-state index contributed by atoms with van der Waals surface area (Å²) in [5, 5.41) is 1.25. The second-order valence-electron chi connectivity index (χ2n) is 3.96. The average molecular weight is 272 g/mol. The van der Waals surface area contributed by atoms with Gasteiger partial charge in [-0.25, -0.2) is 4.98 Å². The second-order valence-corrected chi connectivity index (χ2v) is 6.18. The van der Waals surface area contributed by atoms with Crippen molar-refractivity contribution in [3.63, 3.8) is 0 Å². The summed E-state index contributed by atoms with van der Waals surface area (Å²) in [6.45, 7) is 3.24. The van der Waals surface area contributed by atoms with Crippen molar-refractivity contribution < 1.29 is 4.74 Å². The number of hydrogen-bond donors (Lipinski definition) is 0. The van der Waals surface area contributed by atoms with Gasteiger partial charge < -0.3 is 4.74 Å². The Morgan fingerprint density at radius 1 is 1.65 bits per heavy atom. The van der Waals surface area contributed by atoms with Gasteiger partial charge >= 0.3 is 0 Å². The molecular formula is C11H16N2O2S2. The van der Waals surface area contributed by atoms with Gasteiger partial charge in [-0.15, -0.1) is 11.8 Å². The fourth-order valence-corrected chi connectivity index (χ4v) is 3.58. The van der Waals surface area contributed by atoms with Crippen LogP contribution in [0.5, 0.6) is 0 Å². The van der Waals surface area contributed by atoms with Crippen LogP contribution in [0.15, 0.2) is 14.8 Å². The molecule has 2 rings (SSSR count). The monoisotopic (exact) mass is 272 g/mol. The van der Waals surface area contributed by atoms with E-state index in [0.717, 1.165) is 22.2 Å². The summed E-state index contributed by atoms with van der Waals surface area (Å²) in [5.41, 5.74) is 1.05. The minimum Gasteiger partial charge on any atom is -0.383 e. The Morgan fingerprint density at radius 3 is 3.06 bits per heavy atom. The standard InChI is InChI=1S/C11H16N2O2S2/c1-7-6-8-9(17-7)10(14)13(4-5-15-2)11(12-8)16-3/h7H,4-6H2,1-3H3/t7-/m1/s1. The van der Waals surface area contributed by atoms with E-state index >= 15 is 0 Å². The number of nitrogens with zero attached hydrogens (tertiary/aromatic N) is 2. The highest BCUT2D eigenvalue weighted by atomic mass is 32.2. The molecule has 1 aliphatic rings. The van der Waals surface area contributed by atoms with Crippen LogP contribution in [0.1, 0.15) is 12.6 Å². The molecule has 0 fully saturated rings. The van der Waals surface area contributed by atoms with Crippen molar-refractivity contribution in [1.29, 1.82) is 0 Å². The van der Waals surface area contributed by atoms with Crippen LogP contribution < -0.4 is 5.56 Å². The van der Waals surface area contributed by atoms with Crippen LogP contribution in [-0.4, -0.2) is 34.8 Å². The summed E-state index contributed by atoms with van der Waals surface area (Å²) in [4.78, 5) is 17.7. The molecule has 0 bridgehead atoms. The summed E-state index contributed by atoms with van der Waals surface area (Å²) in [7, 11) is 1.64. The van der Waals surface area contributed by atoms with Gasteiger partial charge in [-0.2, -0.15) is 0 Å². The van der Waals surface area contributed by atoms with E-state index < -0.39 is 0 Å². The number of ether oxygens (including phenoxy) is 1. The maximum Gasteiger partial charge on any atom is 0.268 e. The Morgan fingerprint density at radius 2 is 2.41 bits per heavy atom.